The van der Waals surface area contributed by atoms with Gasteiger partial charge in [0, 0.05) is 54.5 Å². The van der Waals surface area contributed by atoms with Crippen molar-refractivity contribution < 1.29 is 23.4 Å². The van der Waals surface area contributed by atoms with E-state index >= 15 is 0 Å². The van der Waals surface area contributed by atoms with Crippen LogP contribution < -0.4 is 10.3 Å². The Morgan fingerprint density at radius 3 is 2.63 bits per heavy atom. The van der Waals surface area contributed by atoms with Crippen LogP contribution in [0.2, 0.25) is 0 Å². The molecular weight excluding hydrogens is 458 g/mol. The summed E-state index contributed by atoms with van der Waals surface area (Å²) in [6.07, 6.45) is -0.608. The van der Waals surface area contributed by atoms with Crippen molar-refractivity contribution in [1.29, 1.82) is 0 Å². The summed E-state index contributed by atoms with van der Waals surface area (Å²) < 4.78 is 31.8. The smallest absolute Gasteiger partial charge is 0.341 e. The first-order valence-electron chi connectivity index (χ1n) is 11.6. The maximum absolute atomic E-state index is 13.1. The summed E-state index contributed by atoms with van der Waals surface area (Å²) in [6, 6.07) is 6.34. The van der Waals surface area contributed by atoms with Crippen LogP contribution in [-0.2, 0) is 6.54 Å². The number of piperazine rings is 1. The largest absolute Gasteiger partial charge is 0.496 e. The van der Waals surface area contributed by atoms with Gasteiger partial charge in [-0.25, -0.2) is 13.6 Å². The lowest BCUT2D eigenvalue weighted by molar-refractivity contribution is 0.0232. The van der Waals surface area contributed by atoms with E-state index in [1.54, 1.807) is 18.1 Å². The van der Waals surface area contributed by atoms with E-state index in [1.807, 2.05) is 39.1 Å². The molecule has 0 saturated carbocycles. The summed E-state index contributed by atoms with van der Waals surface area (Å²) in [5, 5.41) is 10.2. The van der Waals surface area contributed by atoms with E-state index in [-0.39, 0.29) is 18.7 Å². The van der Waals surface area contributed by atoms with Gasteiger partial charge >= 0.3 is 5.97 Å². The lowest BCUT2D eigenvalue weighted by atomic mass is 10.0. The first-order chi connectivity index (χ1) is 16.8. The highest BCUT2D eigenvalue weighted by Crippen LogP contribution is 2.34. The average Bonchev–Trinajstić information content (AvgIpc) is 3.33. The SMILES string of the molecule is CC.COc1cc(C)c2[nH]ccc2c1CN1CCN(CC(F)F)CC1c1ccc(C(=O)O)c(=O)[nH]1. The molecule has 4 rings (SSSR count). The minimum absolute atomic E-state index is 0.275. The fourth-order valence-corrected chi connectivity index (χ4v) is 4.56. The third-order valence-corrected chi connectivity index (χ3v) is 6.19. The molecule has 1 aliphatic heterocycles. The fraction of sp³-hybridized carbons (Fsp3) is 0.440. The van der Waals surface area contributed by atoms with Crippen LogP contribution in [-0.4, -0.2) is 70.6 Å². The zero-order valence-corrected chi connectivity index (χ0v) is 20.4. The number of benzene rings is 1. The maximum Gasteiger partial charge on any atom is 0.341 e. The lowest BCUT2D eigenvalue weighted by Gasteiger charge is -2.41. The van der Waals surface area contributed by atoms with E-state index in [0.29, 0.717) is 25.3 Å². The van der Waals surface area contributed by atoms with Crippen molar-refractivity contribution in [3.8, 4) is 5.75 Å². The Bertz CT molecular complexity index is 1220. The molecule has 1 aromatic carbocycles. The predicted octanol–water partition coefficient (Wildman–Crippen LogP) is 4.02. The molecule has 1 atom stereocenters. The molecule has 1 fully saturated rings. The Balaban J connectivity index is 0.00000167. The zero-order valence-electron chi connectivity index (χ0n) is 20.4. The quantitative estimate of drug-likeness (QED) is 0.463. The van der Waals surface area contributed by atoms with Crippen LogP contribution in [0.25, 0.3) is 10.9 Å². The number of nitrogens with one attached hydrogen (secondary N) is 2. The second-order valence-electron chi connectivity index (χ2n) is 8.24. The van der Waals surface area contributed by atoms with Gasteiger partial charge < -0.3 is 19.8 Å². The standard InChI is InChI=1S/C23H26F2N4O4.C2H6/c1-13-9-19(33-2)16(14-5-6-26-21(13)14)10-29-8-7-28(12-20(24)25)11-18(29)17-4-3-15(23(31)32)22(30)27-17;1-2/h3-6,9,18,20,26H,7-8,10-12H2,1-2H3,(H,27,30)(H,31,32);1-2H3. The number of aryl methyl sites for hydroxylation is 1. The Labute approximate surface area is 202 Å². The summed E-state index contributed by atoms with van der Waals surface area (Å²) in [6.45, 7) is 7.31. The minimum atomic E-state index is -2.47. The van der Waals surface area contributed by atoms with Crippen LogP contribution in [0.1, 0.15) is 47.1 Å². The number of hydrogen-bond donors (Lipinski definition) is 3. The molecule has 0 amide bonds. The summed E-state index contributed by atoms with van der Waals surface area (Å²) in [4.78, 5) is 33.2. The third-order valence-electron chi connectivity index (χ3n) is 6.19. The fourth-order valence-electron chi connectivity index (χ4n) is 4.56. The number of halogens is 2. The second kappa shape index (κ2) is 11.5. The molecule has 1 aliphatic rings. The molecule has 3 heterocycles. The molecule has 0 aliphatic carbocycles. The van der Waals surface area contributed by atoms with Crippen molar-refractivity contribution >= 4 is 16.9 Å². The van der Waals surface area contributed by atoms with Crippen molar-refractivity contribution in [2.45, 2.75) is 39.8 Å². The van der Waals surface area contributed by atoms with Gasteiger partial charge in [0.15, 0.2) is 0 Å². The van der Waals surface area contributed by atoms with Gasteiger partial charge in [-0.3, -0.25) is 14.6 Å². The molecule has 190 valence electrons. The number of H-pyrrole nitrogens is 2. The van der Waals surface area contributed by atoms with E-state index in [4.69, 9.17) is 4.74 Å². The lowest BCUT2D eigenvalue weighted by Crippen LogP contribution is -2.49. The van der Waals surface area contributed by atoms with Crippen molar-refractivity contribution in [3.05, 3.63) is 63.2 Å². The van der Waals surface area contributed by atoms with Gasteiger partial charge in [0.25, 0.3) is 12.0 Å². The molecule has 3 aromatic rings. The Morgan fingerprint density at radius 2 is 2.00 bits per heavy atom. The van der Waals surface area contributed by atoms with Gasteiger partial charge in [0.1, 0.15) is 11.3 Å². The molecule has 8 nitrogen and oxygen atoms in total. The number of alkyl halides is 2. The Hall–Kier alpha value is -3.24. The Kier molecular flexibility index (Phi) is 8.63. The van der Waals surface area contributed by atoms with E-state index in [0.717, 1.165) is 27.8 Å². The number of hydrogen-bond acceptors (Lipinski definition) is 5. The topological polar surface area (TPSA) is 102 Å². The number of pyridine rings is 1. The van der Waals surface area contributed by atoms with Gasteiger partial charge in [-0.2, -0.15) is 0 Å². The highest BCUT2D eigenvalue weighted by atomic mass is 19.3. The molecular formula is C25H32F2N4O4. The zero-order chi connectivity index (χ0) is 25.7. The van der Waals surface area contributed by atoms with Crippen molar-refractivity contribution in [1.82, 2.24) is 19.8 Å². The number of fused-ring (bicyclic) bond motifs is 1. The molecule has 1 unspecified atom stereocenters. The van der Waals surface area contributed by atoms with E-state index in [9.17, 15) is 23.5 Å². The number of ether oxygens (including phenoxy) is 1. The number of nitrogens with zero attached hydrogens (tertiary/aromatic N) is 2. The highest BCUT2D eigenvalue weighted by molar-refractivity contribution is 5.88. The molecule has 1 saturated heterocycles. The van der Waals surface area contributed by atoms with Gasteiger partial charge in [0.2, 0.25) is 0 Å². The number of aromatic nitrogens is 2. The molecule has 10 heteroatoms. The van der Waals surface area contributed by atoms with Crippen LogP contribution in [0.15, 0.2) is 35.3 Å². The predicted molar refractivity (Wildman–Crippen MR) is 131 cm³/mol. The number of aromatic carboxylic acids is 1. The Morgan fingerprint density at radius 1 is 1.26 bits per heavy atom. The van der Waals surface area contributed by atoms with Crippen LogP contribution in [0.3, 0.4) is 0 Å². The van der Waals surface area contributed by atoms with Gasteiger partial charge in [0.05, 0.1) is 19.7 Å². The van der Waals surface area contributed by atoms with Crippen LogP contribution >= 0.6 is 0 Å². The van der Waals surface area contributed by atoms with E-state index < -0.39 is 24.0 Å². The molecule has 0 radical (unpaired) electrons. The summed E-state index contributed by atoms with van der Waals surface area (Å²) in [5.41, 5.74) is 2.41. The van der Waals surface area contributed by atoms with E-state index in [1.165, 1.54) is 6.07 Å². The molecule has 3 N–H and O–H groups in total. The average molecular weight is 491 g/mol. The van der Waals surface area contributed by atoms with Crippen molar-refractivity contribution in [3.63, 3.8) is 0 Å². The number of carboxylic acids is 1. The summed E-state index contributed by atoms with van der Waals surface area (Å²) in [5.74, 6) is -0.593. The maximum atomic E-state index is 13.1. The number of aromatic amines is 2. The minimum Gasteiger partial charge on any atom is -0.496 e. The van der Waals surface area contributed by atoms with Gasteiger partial charge in [-0.05, 0) is 36.8 Å². The van der Waals surface area contributed by atoms with Crippen molar-refractivity contribution in [2.24, 2.45) is 0 Å². The molecule has 0 bridgehead atoms. The highest BCUT2D eigenvalue weighted by Gasteiger charge is 2.31. The van der Waals surface area contributed by atoms with Crippen LogP contribution in [0.4, 0.5) is 8.78 Å². The second-order valence-corrected chi connectivity index (χ2v) is 8.24. The molecule has 2 aromatic heterocycles. The summed E-state index contributed by atoms with van der Waals surface area (Å²) >= 11 is 0. The van der Waals surface area contributed by atoms with Gasteiger partial charge in [-0.1, -0.05) is 13.8 Å². The molecule has 0 spiro atoms. The molecule has 35 heavy (non-hydrogen) atoms. The number of carboxylic acid groups (broad SMARTS) is 1. The van der Waals surface area contributed by atoms with Crippen LogP contribution in [0.5, 0.6) is 5.75 Å². The first-order valence-corrected chi connectivity index (χ1v) is 11.6. The number of carbonyl (C=O) groups is 1. The van der Waals surface area contributed by atoms with E-state index in [2.05, 4.69) is 14.9 Å². The van der Waals surface area contributed by atoms with Gasteiger partial charge in [-0.15, -0.1) is 0 Å². The number of rotatable bonds is 7. The van der Waals surface area contributed by atoms with Crippen molar-refractivity contribution in [2.75, 3.05) is 33.3 Å². The normalized spacial score (nSPS) is 16.8. The monoisotopic (exact) mass is 490 g/mol. The number of methoxy groups -OCH3 is 1. The third kappa shape index (κ3) is 5.71. The summed E-state index contributed by atoms with van der Waals surface area (Å²) in [7, 11) is 1.61. The first kappa shape index (κ1) is 26.4. The van der Waals surface area contributed by atoms with Crippen LogP contribution in [0, 0.1) is 6.92 Å².